The molecule has 2 radical (unpaired) electrons. The summed E-state index contributed by atoms with van der Waals surface area (Å²) >= 11 is 0. The van der Waals surface area contributed by atoms with Gasteiger partial charge in [0.05, 0.1) is 0 Å². The second-order valence-corrected chi connectivity index (χ2v) is 8.46. The normalized spacial score (nSPS) is 12.2. The zero-order chi connectivity index (χ0) is 22.2. The maximum absolute atomic E-state index is 6.82. The van der Waals surface area contributed by atoms with Gasteiger partial charge in [-0.05, 0) is 57.6 Å². The van der Waals surface area contributed by atoms with E-state index in [0.717, 1.165) is 39.8 Å². The summed E-state index contributed by atoms with van der Waals surface area (Å²) in [7, 11) is 6.82. The Balaban J connectivity index is 1.64. The molecule has 33 heavy (non-hydrogen) atoms. The smallest absolute Gasteiger partial charge is 0.115 e. The number of hydrogen-bond acceptors (Lipinski definition) is 1. The van der Waals surface area contributed by atoms with Crippen LogP contribution in [0.3, 0.4) is 0 Å². The van der Waals surface area contributed by atoms with E-state index >= 15 is 0 Å². The molecule has 154 valence electrons. The number of hydrogen-bond donors (Lipinski definition) is 0. The summed E-state index contributed by atoms with van der Waals surface area (Å²) in [5, 5.41) is 0. The first-order valence-electron chi connectivity index (χ1n) is 11.3. The summed E-state index contributed by atoms with van der Waals surface area (Å²) in [6, 6.07) is 42.7. The van der Waals surface area contributed by atoms with Gasteiger partial charge in [0.15, 0.2) is 0 Å². The Bertz CT molecular complexity index is 1330. The van der Waals surface area contributed by atoms with Gasteiger partial charge in [-0.1, -0.05) is 103 Å². The molecule has 0 saturated carbocycles. The third-order valence-electron chi connectivity index (χ3n) is 6.44. The number of anilines is 3. The maximum Gasteiger partial charge on any atom is 0.115 e. The highest BCUT2D eigenvalue weighted by Crippen LogP contribution is 2.45. The molecule has 0 atom stereocenters. The summed E-state index contributed by atoms with van der Waals surface area (Å²) in [6.07, 6.45) is 0.939. The van der Waals surface area contributed by atoms with Gasteiger partial charge in [0.2, 0.25) is 0 Å². The van der Waals surface area contributed by atoms with Crippen LogP contribution in [0.15, 0.2) is 121 Å². The Labute approximate surface area is 196 Å². The van der Waals surface area contributed by atoms with Crippen LogP contribution in [0.5, 0.6) is 0 Å². The van der Waals surface area contributed by atoms with Crippen LogP contribution in [0, 0.1) is 0 Å². The minimum atomic E-state index is 0.801. The van der Waals surface area contributed by atoms with Crippen molar-refractivity contribution in [3.05, 3.63) is 132 Å². The number of benzene rings is 5. The van der Waals surface area contributed by atoms with Gasteiger partial charge >= 0.3 is 0 Å². The van der Waals surface area contributed by atoms with E-state index in [4.69, 9.17) is 7.85 Å². The lowest BCUT2D eigenvalue weighted by molar-refractivity contribution is 1.09. The predicted octanol–water partition coefficient (Wildman–Crippen LogP) is 7.19. The van der Waals surface area contributed by atoms with Crippen molar-refractivity contribution in [3.8, 4) is 22.3 Å². The predicted molar refractivity (Wildman–Crippen MR) is 140 cm³/mol. The average molecular weight is 419 g/mol. The fourth-order valence-electron chi connectivity index (χ4n) is 4.85. The largest absolute Gasteiger partial charge is 0.310 e. The van der Waals surface area contributed by atoms with Gasteiger partial charge < -0.3 is 4.90 Å². The van der Waals surface area contributed by atoms with Crippen LogP contribution < -0.4 is 10.4 Å². The van der Waals surface area contributed by atoms with Crippen LogP contribution in [0.2, 0.25) is 0 Å². The molecule has 6 rings (SSSR count). The van der Waals surface area contributed by atoms with Crippen LogP contribution in [0.25, 0.3) is 22.3 Å². The standard InChI is InChI=1S/C31H22BN/c32-31-27(22-11-3-1-4-12-22)20-26(21-28(31)23-13-5-2-6-14-23)33-29-17-9-7-15-24(29)19-25-16-8-10-18-30(25)33/h1-18,20-21H,19H2. The third kappa shape index (κ3) is 3.45. The minimum Gasteiger partial charge on any atom is -0.310 e. The van der Waals surface area contributed by atoms with Crippen molar-refractivity contribution in [2.45, 2.75) is 6.42 Å². The van der Waals surface area contributed by atoms with E-state index in [9.17, 15) is 0 Å². The number of para-hydroxylation sites is 2. The Kier molecular flexibility index (Phi) is 4.85. The van der Waals surface area contributed by atoms with Gasteiger partial charge in [-0.15, -0.1) is 0 Å². The molecule has 0 aromatic heterocycles. The second-order valence-electron chi connectivity index (χ2n) is 8.46. The summed E-state index contributed by atoms with van der Waals surface area (Å²) in [5.74, 6) is 0. The fourth-order valence-corrected chi connectivity index (χ4v) is 4.85. The first-order valence-corrected chi connectivity index (χ1v) is 11.3. The zero-order valence-electron chi connectivity index (χ0n) is 18.3. The molecule has 5 aromatic rings. The molecule has 0 fully saturated rings. The van der Waals surface area contributed by atoms with Gasteiger partial charge in [0.1, 0.15) is 7.85 Å². The lowest BCUT2D eigenvalue weighted by atomic mass is 9.80. The Morgan fingerprint density at radius 3 is 1.42 bits per heavy atom. The lowest BCUT2D eigenvalue weighted by Crippen LogP contribution is -2.20. The fraction of sp³-hybridized carbons (Fsp3) is 0.0323. The number of nitrogens with zero attached hydrogens (tertiary/aromatic N) is 1. The second kappa shape index (κ2) is 8.14. The van der Waals surface area contributed by atoms with Gasteiger partial charge in [0.25, 0.3) is 0 Å². The maximum atomic E-state index is 6.82. The minimum absolute atomic E-state index is 0.801. The molecule has 0 saturated heterocycles. The molecule has 0 bridgehead atoms. The van der Waals surface area contributed by atoms with Gasteiger partial charge in [-0.25, -0.2) is 0 Å². The van der Waals surface area contributed by atoms with Crippen molar-refractivity contribution < 1.29 is 0 Å². The van der Waals surface area contributed by atoms with Crippen LogP contribution in [-0.2, 0) is 6.42 Å². The first kappa shape index (κ1) is 19.6. The van der Waals surface area contributed by atoms with E-state index in [2.05, 4.69) is 114 Å². The topological polar surface area (TPSA) is 3.24 Å². The molecule has 5 aromatic carbocycles. The quantitative estimate of drug-likeness (QED) is 0.275. The molecule has 2 heteroatoms. The number of fused-ring (bicyclic) bond motifs is 2. The highest BCUT2D eigenvalue weighted by Gasteiger charge is 2.25. The highest BCUT2D eigenvalue weighted by atomic mass is 15.2. The van der Waals surface area contributed by atoms with E-state index in [0.29, 0.717) is 0 Å². The molecule has 0 amide bonds. The molecule has 1 aliphatic heterocycles. The molecule has 1 aliphatic rings. The SMILES string of the molecule is [B]c1c(-c2ccccc2)cc(N2c3ccccc3Cc3ccccc32)cc1-c1ccccc1. The average Bonchev–Trinajstić information content (AvgIpc) is 2.88. The lowest BCUT2D eigenvalue weighted by Gasteiger charge is -2.34. The van der Waals surface area contributed by atoms with Crippen molar-refractivity contribution in [2.24, 2.45) is 0 Å². The van der Waals surface area contributed by atoms with Crippen molar-refractivity contribution in [2.75, 3.05) is 4.90 Å². The van der Waals surface area contributed by atoms with E-state index in [-0.39, 0.29) is 0 Å². The monoisotopic (exact) mass is 419 g/mol. The first-order chi connectivity index (χ1) is 16.3. The van der Waals surface area contributed by atoms with Crippen molar-refractivity contribution in [1.29, 1.82) is 0 Å². The Morgan fingerprint density at radius 2 is 0.939 bits per heavy atom. The summed E-state index contributed by atoms with van der Waals surface area (Å²) < 4.78 is 0. The summed E-state index contributed by atoms with van der Waals surface area (Å²) in [5.41, 5.74) is 11.3. The van der Waals surface area contributed by atoms with Gasteiger partial charge in [-0.2, -0.15) is 0 Å². The third-order valence-corrected chi connectivity index (χ3v) is 6.44. The summed E-state index contributed by atoms with van der Waals surface area (Å²) in [6.45, 7) is 0. The van der Waals surface area contributed by atoms with Gasteiger partial charge in [-0.3, -0.25) is 0 Å². The van der Waals surface area contributed by atoms with Crippen molar-refractivity contribution in [3.63, 3.8) is 0 Å². The molecular weight excluding hydrogens is 397 g/mol. The molecule has 0 N–H and O–H groups in total. The highest BCUT2D eigenvalue weighted by molar-refractivity contribution is 6.40. The Morgan fingerprint density at radius 1 is 0.515 bits per heavy atom. The summed E-state index contributed by atoms with van der Waals surface area (Å²) in [4.78, 5) is 2.38. The van der Waals surface area contributed by atoms with Crippen LogP contribution in [0.1, 0.15) is 11.1 Å². The van der Waals surface area contributed by atoms with E-state index < -0.39 is 0 Å². The molecule has 0 aliphatic carbocycles. The molecule has 1 heterocycles. The zero-order valence-corrected chi connectivity index (χ0v) is 18.3. The van der Waals surface area contributed by atoms with Gasteiger partial charge in [0, 0.05) is 23.5 Å². The van der Waals surface area contributed by atoms with Crippen LogP contribution in [-0.4, -0.2) is 7.85 Å². The number of rotatable bonds is 3. The van der Waals surface area contributed by atoms with Crippen molar-refractivity contribution >= 4 is 30.4 Å². The molecular formula is C31H22BN. The molecule has 0 unspecified atom stereocenters. The van der Waals surface area contributed by atoms with E-state index in [1.807, 2.05) is 12.1 Å². The van der Waals surface area contributed by atoms with E-state index in [1.54, 1.807) is 0 Å². The van der Waals surface area contributed by atoms with Crippen LogP contribution in [0.4, 0.5) is 17.1 Å². The molecule has 0 spiro atoms. The Hall–Kier alpha value is -4.04. The van der Waals surface area contributed by atoms with Crippen molar-refractivity contribution in [1.82, 2.24) is 0 Å². The van der Waals surface area contributed by atoms with E-state index in [1.165, 1.54) is 22.5 Å². The molecule has 1 nitrogen and oxygen atoms in total. The van der Waals surface area contributed by atoms with Crippen LogP contribution >= 0.6 is 0 Å².